The molecule has 6 heteroatoms. The highest BCUT2D eigenvalue weighted by atomic mass is 19.3. The van der Waals surface area contributed by atoms with Gasteiger partial charge in [-0.1, -0.05) is 0 Å². The average molecular weight is 214 g/mol. The number of alkyl halides is 2. The number of carbonyl (C=O) groups is 1. The Hall–Kier alpha value is -1.72. The zero-order valence-electron chi connectivity index (χ0n) is 7.59. The second-order valence-corrected chi connectivity index (χ2v) is 3.45. The van der Waals surface area contributed by atoms with Crippen molar-refractivity contribution in [2.24, 2.45) is 5.92 Å². The normalized spacial score (nSPS) is 22.1. The van der Waals surface area contributed by atoms with Crippen LogP contribution in [0.2, 0.25) is 0 Å². The highest BCUT2D eigenvalue weighted by molar-refractivity contribution is 5.94. The van der Waals surface area contributed by atoms with Crippen LogP contribution in [0.5, 0.6) is 0 Å². The molecule has 1 aromatic rings. The van der Waals surface area contributed by atoms with Gasteiger partial charge >= 0.3 is 0 Å². The van der Waals surface area contributed by atoms with Gasteiger partial charge in [-0.2, -0.15) is 0 Å². The first-order chi connectivity index (χ1) is 6.99. The van der Waals surface area contributed by atoms with Crippen LogP contribution in [0, 0.1) is 5.92 Å². The molecule has 1 fully saturated rings. The SMILES string of the molecule is O=C(Nc1cc(=O)cc[nH]1)C1CC1(F)F. The Kier molecular flexibility index (Phi) is 2.06. The molecule has 4 nitrogen and oxygen atoms in total. The van der Waals surface area contributed by atoms with Crippen molar-refractivity contribution < 1.29 is 13.6 Å². The van der Waals surface area contributed by atoms with Crippen molar-refractivity contribution in [3.8, 4) is 0 Å². The van der Waals surface area contributed by atoms with Gasteiger partial charge in [0.05, 0.1) is 0 Å². The fourth-order valence-electron chi connectivity index (χ4n) is 1.24. The van der Waals surface area contributed by atoms with E-state index < -0.39 is 24.2 Å². The number of hydrogen-bond acceptors (Lipinski definition) is 2. The molecule has 80 valence electrons. The summed E-state index contributed by atoms with van der Waals surface area (Å²) in [6.45, 7) is 0. The standard InChI is InChI=1S/C9H8F2N2O2/c10-9(11)4-6(9)8(15)13-7-3-5(14)1-2-12-7/h1-3,6H,4H2,(H2,12,13,14,15). The summed E-state index contributed by atoms with van der Waals surface area (Å²) in [5.41, 5.74) is -0.299. The van der Waals surface area contributed by atoms with Crippen molar-refractivity contribution in [1.29, 1.82) is 0 Å². The van der Waals surface area contributed by atoms with Crippen LogP contribution in [0.15, 0.2) is 23.1 Å². The molecule has 1 aliphatic carbocycles. The molecule has 0 saturated heterocycles. The van der Waals surface area contributed by atoms with Gasteiger partial charge in [0.25, 0.3) is 5.92 Å². The number of anilines is 1. The quantitative estimate of drug-likeness (QED) is 0.770. The second-order valence-electron chi connectivity index (χ2n) is 3.45. The van der Waals surface area contributed by atoms with Crippen molar-refractivity contribution in [3.63, 3.8) is 0 Å². The summed E-state index contributed by atoms with van der Waals surface area (Å²) >= 11 is 0. The van der Waals surface area contributed by atoms with Gasteiger partial charge in [-0.15, -0.1) is 0 Å². The number of rotatable bonds is 2. The summed E-state index contributed by atoms with van der Waals surface area (Å²) in [5.74, 6) is -4.78. The molecule has 1 amide bonds. The molecule has 1 unspecified atom stereocenters. The lowest BCUT2D eigenvalue weighted by molar-refractivity contribution is -0.119. The number of halogens is 2. The maximum absolute atomic E-state index is 12.5. The van der Waals surface area contributed by atoms with Crippen LogP contribution in [0.3, 0.4) is 0 Å². The number of aromatic nitrogens is 1. The van der Waals surface area contributed by atoms with Crippen LogP contribution in [0.25, 0.3) is 0 Å². The van der Waals surface area contributed by atoms with E-state index in [0.717, 1.165) is 6.07 Å². The third-order valence-corrected chi connectivity index (χ3v) is 2.17. The lowest BCUT2D eigenvalue weighted by Crippen LogP contribution is -2.19. The molecule has 1 aromatic heterocycles. The van der Waals surface area contributed by atoms with Gasteiger partial charge in [0.1, 0.15) is 11.7 Å². The van der Waals surface area contributed by atoms with Gasteiger partial charge in [0, 0.05) is 24.8 Å². The summed E-state index contributed by atoms with van der Waals surface area (Å²) in [5, 5.41) is 2.23. The molecule has 2 N–H and O–H groups in total. The van der Waals surface area contributed by atoms with E-state index in [0.29, 0.717) is 0 Å². The molecule has 1 aliphatic rings. The average Bonchev–Trinajstić information content (AvgIpc) is 2.75. The first-order valence-corrected chi connectivity index (χ1v) is 4.36. The van der Waals surface area contributed by atoms with Crippen LogP contribution >= 0.6 is 0 Å². The smallest absolute Gasteiger partial charge is 0.260 e. The maximum atomic E-state index is 12.5. The molecule has 15 heavy (non-hydrogen) atoms. The Bertz CT molecular complexity index is 455. The minimum absolute atomic E-state index is 0.134. The molecule has 2 rings (SSSR count). The topological polar surface area (TPSA) is 62.0 Å². The minimum Gasteiger partial charge on any atom is -0.348 e. The second kappa shape index (κ2) is 3.15. The molecule has 1 saturated carbocycles. The first-order valence-electron chi connectivity index (χ1n) is 4.36. The molecule has 0 aliphatic heterocycles. The van der Waals surface area contributed by atoms with E-state index in [-0.39, 0.29) is 11.2 Å². The zero-order chi connectivity index (χ0) is 11.1. The predicted octanol–water partition coefficient (Wildman–Crippen LogP) is 0.969. The van der Waals surface area contributed by atoms with Crippen LogP contribution in [-0.2, 0) is 4.79 Å². The van der Waals surface area contributed by atoms with E-state index in [4.69, 9.17) is 0 Å². The Morgan fingerprint density at radius 3 is 2.80 bits per heavy atom. The fourth-order valence-corrected chi connectivity index (χ4v) is 1.24. The molecular weight excluding hydrogens is 206 g/mol. The minimum atomic E-state index is -2.89. The van der Waals surface area contributed by atoms with Crippen molar-refractivity contribution in [2.75, 3.05) is 5.32 Å². The lowest BCUT2D eigenvalue weighted by atomic mass is 10.3. The molecular formula is C9H8F2N2O2. The summed E-state index contributed by atoms with van der Waals surface area (Å²) < 4.78 is 25.0. The Labute approximate surface area is 83.3 Å². The number of amides is 1. The van der Waals surface area contributed by atoms with Crippen molar-refractivity contribution in [2.45, 2.75) is 12.3 Å². The fraction of sp³-hybridized carbons (Fsp3) is 0.333. The van der Waals surface area contributed by atoms with E-state index in [1.165, 1.54) is 12.3 Å². The van der Waals surface area contributed by atoms with E-state index in [9.17, 15) is 18.4 Å². The largest absolute Gasteiger partial charge is 0.348 e. The van der Waals surface area contributed by atoms with Gasteiger partial charge in [-0.05, 0) is 0 Å². The third-order valence-electron chi connectivity index (χ3n) is 2.17. The monoisotopic (exact) mass is 214 g/mol. The summed E-state index contributed by atoms with van der Waals surface area (Å²) in [6.07, 6.45) is 0.916. The molecule has 1 atom stereocenters. The highest BCUT2D eigenvalue weighted by Crippen LogP contribution is 2.48. The van der Waals surface area contributed by atoms with Crippen molar-refractivity contribution >= 4 is 11.7 Å². The van der Waals surface area contributed by atoms with Gasteiger partial charge in [-0.3, -0.25) is 9.59 Å². The van der Waals surface area contributed by atoms with Gasteiger partial charge in [-0.25, -0.2) is 8.78 Å². The van der Waals surface area contributed by atoms with Gasteiger partial charge in [0.15, 0.2) is 5.43 Å². The van der Waals surface area contributed by atoms with E-state index in [1.54, 1.807) is 0 Å². The first kappa shape index (κ1) is 9.82. The number of hydrogen-bond donors (Lipinski definition) is 2. The van der Waals surface area contributed by atoms with Crippen LogP contribution in [0.4, 0.5) is 14.6 Å². The number of carbonyl (C=O) groups excluding carboxylic acids is 1. The number of nitrogens with one attached hydrogen (secondary N) is 2. The van der Waals surface area contributed by atoms with E-state index in [2.05, 4.69) is 10.3 Å². The van der Waals surface area contributed by atoms with Crippen LogP contribution < -0.4 is 10.7 Å². The summed E-state index contributed by atoms with van der Waals surface area (Å²) in [4.78, 5) is 24.6. The lowest BCUT2D eigenvalue weighted by Gasteiger charge is -2.02. The third kappa shape index (κ3) is 2.03. The zero-order valence-corrected chi connectivity index (χ0v) is 7.59. The van der Waals surface area contributed by atoms with Gasteiger partial charge in [0.2, 0.25) is 5.91 Å². The molecule has 1 heterocycles. The summed E-state index contributed by atoms with van der Waals surface area (Å²) in [6, 6.07) is 2.40. The number of H-pyrrole nitrogens is 1. The summed E-state index contributed by atoms with van der Waals surface area (Å²) in [7, 11) is 0. The Morgan fingerprint density at radius 1 is 1.60 bits per heavy atom. The van der Waals surface area contributed by atoms with Crippen molar-refractivity contribution in [1.82, 2.24) is 4.98 Å². The highest BCUT2D eigenvalue weighted by Gasteiger charge is 2.61. The molecule has 0 aromatic carbocycles. The molecule has 0 radical (unpaired) electrons. The van der Waals surface area contributed by atoms with Gasteiger partial charge < -0.3 is 10.3 Å². The predicted molar refractivity (Wildman–Crippen MR) is 48.7 cm³/mol. The Morgan fingerprint density at radius 2 is 2.27 bits per heavy atom. The maximum Gasteiger partial charge on any atom is 0.260 e. The molecule has 0 spiro atoms. The Balaban J connectivity index is 2.04. The van der Waals surface area contributed by atoms with E-state index in [1.807, 2.05) is 0 Å². The molecule has 0 bridgehead atoms. The van der Waals surface area contributed by atoms with Crippen LogP contribution in [0.1, 0.15) is 6.42 Å². The van der Waals surface area contributed by atoms with Crippen LogP contribution in [-0.4, -0.2) is 16.8 Å². The van der Waals surface area contributed by atoms with Crippen molar-refractivity contribution in [3.05, 3.63) is 28.6 Å². The number of pyridine rings is 1. The number of aromatic amines is 1. The van der Waals surface area contributed by atoms with E-state index >= 15 is 0 Å².